The third-order valence-corrected chi connectivity index (χ3v) is 5.37. The van der Waals surface area contributed by atoms with Crippen molar-refractivity contribution >= 4 is 23.2 Å². The molecule has 2 rings (SSSR count). The van der Waals surface area contributed by atoms with Gasteiger partial charge in [0, 0.05) is 6.04 Å². The van der Waals surface area contributed by atoms with Gasteiger partial charge in [0.1, 0.15) is 0 Å². The fraction of sp³-hybridized carbons (Fsp3) is 0.579. The van der Waals surface area contributed by atoms with Crippen molar-refractivity contribution in [2.45, 2.75) is 45.6 Å². The fourth-order valence-electron chi connectivity index (χ4n) is 3.34. The highest BCUT2D eigenvalue weighted by atomic mass is 32.1. The number of hydrogen-bond donors (Lipinski definition) is 3. The maximum Gasteiger partial charge on any atom is 0.242 e. The molecule has 3 N–H and O–H groups in total. The number of methoxy groups -OCH3 is 2. The Hall–Kier alpha value is -2.02. The molecule has 0 heterocycles. The van der Waals surface area contributed by atoms with Crippen molar-refractivity contribution in [3.63, 3.8) is 0 Å². The molecule has 0 saturated heterocycles. The lowest BCUT2D eigenvalue weighted by Crippen LogP contribution is -2.52. The van der Waals surface area contributed by atoms with Crippen LogP contribution in [0.2, 0.25) is 0 Å². The van der Waals surface area contributed by atoms with E-state index in [-0.39, 0.29) is 12.3 Å². The molecule has 0 bridgehead atoms. The second-order valence-electron chi connectivity index (χ2n) is 6.89. The van der Waals surface area contributed by atoms with Crippen LogP contribution >= 0.6 is 12.2 Å². The highest BCUT2D eigenvalue weighted by Gasteiger charge is 2.27. The summed E-state index contributed by atoms with van der Waals surface area (Å²) < 4.78 is 10.5. The summed E-state index contributed by atoms with van der Waals surface area (Å²) in [6.07, 6.45) is 3.79. The van der Waals surface area contributed by atoms with Gasteiger partial charge in [0.25, 0.3) is 0 Å². The summed E-state index contributed by atoms with van der Waals surface area (Å²) in [6, 6.07) is 5.76. The van der Waals surface area contributed by atoms with Crippen molar-refractivity contribution in [1.29, 1.82) is 0 Å². The number of benzene rings is 1. The Kier molecular flexibility index (Phi) is 7.50. The number of hydrazine groups is 1. The Morgan fingerprint density at radius 2 is 1.88 bits per heavy atom. The van der Waals surface area contributed by atoms with Gasteiger partial charge in [0.05, 0.1) is 20.6 Å². The summed E-state index contributed by atoms with van der Waals surface area (Å²) in [7, 11) is 3.15. The molecule has 0 aromatic heterocycles. The van der Waals surface area contributed by atoms with Crippen LogP contribution in [-0.4, -0.2) is 31.3 Å². The SMILES string of the molecule is COc1ccc(CC(=O)NNC(=S)N[C@@H]2CCC[C@@H](C)[C@H]2C)cc1OC. The number of carbonyl (C=O) groups is 1. The van der Waals surface area contributed by atoms with Crippen molar-refractivity contribution < 1.29 is 14.3 Å². The van der Waals surface area contributed by atoms with Crippen LogP contribution in [0.4, 0.5) is 0 Å². The van der Waals surface area contributed by atoms with Gasteiger partial charge in [0.15, 0.2) is 16.6 Å². The Morgan fingerprint density at radius 1 is 1.15 bits per heavy atom. The third-order valence-electron chi connectivity index (χ3n) is 5.15. The van der Waals surface area contributed by atoms with Crippen LogP contribution in [0.1, 0.15) is 38.7 Å². The summed E-state index contributed by atoms with van der Waals surface area (Å²) in [5.41, 5.74) is 6.28. The summed E-state index contributed by atoms with van der Waals surface area (Å²) in [6.45, 7) is 4.53. The first-order valence-corrected chi connectivity index (χ1v) is 9.41. The van der Waals surface area contributed by atoms with Crippen LogP contribution in [0.15, 0.2) is 18.2 Å². The third kappa shape index (κ3) is 5.49. The molecule has 0 radical (unpaired) electrons. The molecule has 6 nitrogen and oxygen atoms in total. The predicted octanol–water partition coefficient (Wildman–Crippen LogP) is 2.57. The normalized spacial score (nSPS) is 22.2. The van der Waals surface area contributed by atoms with Crippen LogP contribution in [0, 0.1) is 11.8 Å². The topological polar surface area (TPSA) is 71.6 Å². The van der Waals surface area contributed by atoms with Crippen molar-refractivity contribution in [2.24, 2.45) is 11.8 Å². The lowest BCUT2D eigenvalue weighted by molar-refractivity contribution is -0.121. The molecule has 1 amide bonds. The van der Waals surface area contributed by atoms with Crippen molar-refractivity contribution in [2.75, 3.05) is 14.2 Å². The summed E-state index contributed by atoms with van der Waals surface area (Å²) in [5, 5.41) is 3.78. The molecule has 1 fully saturated rings. The largest absolute Gasteiger partial charge is 0.493 e. The first-order chi connectivity index (χ1) is 12.4. The van der Waals surface area contributed by atoms with E-state index in [0.29, 0.717) is 34.5 Å². The minimum absolute atomic E-state index is 0.175. The molecule has 0 spiro atoms. The van der Waals surface area contributed by atoms with E-state index in [2.05, 4.69) is 30.0 Å². The second-order valence-corrected chi connectivity index (χ2v) is 7.29. The molecular formula is C19H29N3O3S. The van der Waals surface area contributed by atoms with Gasteiger partial charge in [-0.3, -0.25) is 15.6 Å². The van der Waals surface area contributed by atoms with E-state index < -0.39 is 0 Å². The van der Waals surface area contributed by atoms with Crippen molar-refractivity contribution in [3.8, 4) is 11.5 Å². The van der Waals surface area contributed by atoms with Crippen molar-refractivity contribution in [1.82, 2.24) is 16.2 Å². The lowest BCUT2D eigenvalue weighted by atomic mass is 9.78. The van der Waals surface area contributed by atoms with Crippen LogP contribution in [0.25, 0.3) is 0 Å². The van der Waals surface area contributed by atoms with E-state index in [9.17, 15) is 4.79 Å². The van der Waals surface area contributed by atoms with Crippen molar-refractivity contribution in [3.05, 3.63) is 23.8 Å². The number of rotatable bonds is 5. The number of nitrogens with one attached hydrogen (secondary N) is 3. The van der Waals surface area contributed by atoms with Crippen LogP contribution in [0.5, 0.6) is 11.5 Å². The first kappa shape index (κ1) is 20.3. The zero-order valence-corrected chi connectivity index (χ0v) is 16.7. The van der Waals surface area contributed by atoms with Gasteiger partial charge >= 0.3 is 0 Å². The Morgan fingerprint density at radius 3 is 2.58 bits per heavy atom. The molecule has 1 aromatic carbocycles. The molecule has 7 heteroatoms. The molecule has 144 valence electrons. The summed E-state index contributed by atoms with van der Waals surface area (Å²) in [4.78, 5) is 12.1. The molecular weight excluding hydrogens is 350 g/mol. The van der Waals surface area contributed by atoms with Gasteiger partial charge in [-0.2, -0.15) is 0 Å². The Labute approximate surface area is 161 Å². The smallest absolute Gasteiger partial charge is 0.242 e. The average Bonchev–Trinajstić information content (AvgIpc) is 2.63. The second kappa shape index (κ2) is 9.62. The highest BCUT2D eigenvalue weighted by Crippen LogP contribution is 2.29. The lowest BCUT2D eigenvalue weighted by Gasteiger charge is -2.35. The standard InChI is InChI=1S/C19H29N3O3S/c1-12-6-5-7-15(13(12)2)20-19(26)22-21-18(23)11-14-8-9-16(24-3)17(10-14)25-4/h8-10,12-13,15H,5-7,11H2,1-4H3,(H,21,23)(H2,20,22,26)/t12-,13-,15-/m1/s1. The summed E-state index contributed by atoms with van der Waals surface area (Å²) >= 11 is 5.31. The Balaban J connectivity index is 1.80. The van der Waals surface area contributed by atoms with E-state index in [1.807, 2.05) is 6.07 Å². The zero-order valence-electron chi connectivity index (χ0n) is 15.9. The molecule has 0 unspecified atom stereocenters. The van der Waals surface area contributed by atoms with Crippen LogP contribution in [-0.2, 0) is 11.2 Å². The minimum Gasteiger partial charge on any atom is -0.493 e. The molecule has 26 heavy (non-hydrogen) atoms. The average molecular weight is 380 g/mol. The molecule has 1 aliphatic rings. The van der Waals surface area contributed by atoms with E-state index in [1.165, 1.54) is 12.8 Å². The monoisotopic (exact) mass is 379 g/mol. The highest BCUT2D eigenvalue weighted by molar-refractivity contribution is 7.80. The van der Waals surface area contributed by atoms with E-state index >= 15 is 0 Å². The first-order valence-electron chi connectivity index (χ1n) is 9.00. The molecule has 3 atom stereocenters. The molecule has 1 aliphatic carbocycles. The van der Waals surface area contributed by atoms with Gasteiger partial charge in [-0.15, -0.1) is 0 Å². The maximum atomic E-state index is 12.1. The summed E-state index contributed by atoms with van der Waals surface area (Å²) in [5.74, 6) is 2.31. The minimum atomic E-state index is -0.175. The van der Waals surface area contributed by atoms with E-state index in [4.69, 9.17) is 21.7 Å². The van der Waals surface area contributed by atoms with Gasteiger partial charge in [0.2, 0.25) is 5.91 Å². The fourth-order valence-corrected chi connectivity index (χ4v) is 3.54. The quantitative estimate of drug-likeness (QED) is 0.540. The predicted molar refractivity (Wildman–Crippen MR) is 106 cm³/mol. The van der Waals surface area contributed by atoms with Crippen LogP contribution in [0.3, 0.4) is 0 Å². The van der Waals surface area contributed by atoms with Gasteiger partial charge < -0.3 is 14.8 Å². The van der Waals surface area contributed by atoms with Crippen LogP contribution < -0.4 is 25.6 Å². The Bertz CT molecular complexity index is 638. The number of hydrogen-bond acceptors (Lipinski definition) is 4. The number of ether oxygens (including phenoxy) is 2. The van der Waals surface area contributed by atoms with E-state index in [1.54, 1.807) is 26.4 Å². The zero-order chi connectivity index (χ0) is 19.1. The number of amides is 1. The number of carbonyl (C=O) groups excluding carboxylic acids is 1. The van der Waals surface area contributed by atoms with Gasteiger partial charge in [-0.1, -0.05) is 32.8 Å². The van der Waals surface area contributed by atoms with Gasteiger partial charge in [-0.05, 0) is 48.2 Å². The molecule has 1 saturated carbocycles. The molecule has 1 aromatic rings. The van der Waals surface area contributed by atoms with E-state index in [0.717, 1.165) is 12.0 Å². The molecule has 0 aliphatic heterocycles. The maximum absolute atomic E-state index is 12.1. The van der Waals surface area contributed by atoms with Gasteiger partial charge in [-0.25, -0.2) is 0 Å². The number of thiocarbonyl (C=S) groups is 1.